The van der Waals surface area contributed by atoms with Gasteiger partial charge in [-0.25, -0.2) is 9.78 Å². The first-order chi connectivity index (χ1) is 8.69. The van der Waals surface area contributed by atoms with Crippen LogP contribution in [0, 0.1) is 18.8 Å². The summed E-state index contributed by atoms with van der Waals surface area (Å²) in [6.45, 7) is 4.11. The van der Waals surface area contributed by atoms with Crippen LogP contribution in [0.4, 0.5) is 0 Å². The second kappa shape index (κ2) is 5.33. The van der Waals surface area contributed by atoms with Crippen molar-refractivity contribution in [2.24, 2.45) is 0 Å². The van der Waals surface area contributed by atoms with E-state index in [4.69, 9.17) is 4.74 Å². The van der Waals surface area contributed by atoms with Crippen molar-refractivity contribution in [1.29, 1.82) is 0 Å². The van der Waals surface area contributed by atoms with E-state index in [1.807, 2.05) is 25.1 Å². The monoisotopic (exact) mass is 239 g/mol. The fraction of sp³-hybridized carbons (Fsp3) is 0.200. The van der Waals surface area contributed by atoms with Gasteiger partial charge in [0.1, 0.15) is 5.69 Å². The molecule has 0 N–H and O–H groups in total. The van der Waals surface area contributed by atoms with Crippen molar-refractivity contribution in [3.63, 3.8) is 0 Å². The van der Waals surface area contributed by atoms with Gasteiger partial charge in [-0.05, 0) is 37.3 Å². The van der Waals surface area contributed by atoms with Crippen LogP contribution in [0.5, 0.6) is 0 Å². The molecule has 90 valence electrons. The van der Waals surface area contributed by atoms with Crippen molar-refractivity contribution in [3.05, 3.63) is 41.7 Å². The van der Waals surface area contributed by atoms with Crippen molar-refractivity contribution in [1.82, 2.24) is 4.98 Å². The molecule has 18 heavy (non-hydrogen) atoms. The van der Waals surface area contributed by atoms with E-state index in [-0.39, 0.29) is 0 Å². The second-order valence-corrected chi connectivity index (χ2v) is 3.89. The highest BCUT2D eigenvalue weighted by Gasteiger charge is 1.97. The van der Waals surface area contributed by atoms with Crippen LogP contribution in [0.1, 0.15) is 18.2 Å². The summed E-state index contributed by atoms with van der Waals surface area (Å²) >= 11 is 0. The Morgan fingerprint density at radius 1 is 1.33 bits per heavy atom. The first kappa shape index (κ1) is 12.1. The number of nitrogens with zero attached hydrogens (tertiary/aromatic N) is 1. The maximum atomic E-state index is 11.1. The molecule has 0 spiro atoms. The molecular weight excluding hydrogens is 226 g/mol. The van der Waals surface area contributed by atoms with Crippen molar-refractivity contribution in [3.8, 4) is 11.8 Å². The van der Waals surface area contributed by atoms with Gasteiger partial charge in [0.05, 0.1) is 6.61 Å². The maximum Gasteiger partial charge on any atom is 0.384 e. The molecule has 3 nitrogen and oxygen atoms in total. The van der Waals surface area contributed by atoms with Gasteiger partial charge in [-0.15, -0.1) is 0 Å². The molecule has 0 fully saturated rings. The fourth-order valence-electron chi connectivity index (χ4n) is 1.61. The van der Waals surface area contributed by atoms with Gasteiger partial charge < -0.3 is 4.74 Å². The molecule has 0 bridgehead atoms. The number of ether oxygens (including phenoxy) is 1. The number of carbonyl (C=O) groups is 1. The summed E-state index contributed by atoms with van der Waals surface area (Å²) in [5.74, 6) is 4.58. The molecule has 0 aliphatic carbocycles. The van der Waals surface area contributed by atoms with Gasteiger partial charge in [-0.1, -0.05) is 17.7 Å². The van der Waals surface area contributed by atoms with Crippen molar-refractivity contribution < 1.29 is 9.53 Å². The number of hydrogen-bond donors (Lipinski definition) is 0. The Bertz CT molecular complexity index is 650. The van der Waals surface area contributed by atoms with Crippen LogP contribution < -0.4 is 0 Å². The Morgan fingerprint density at radius 2 is 2.17 bits per heavy atom. The van der Waals surface area contributed by atoms with Crippen LogP contribution in [0.2, 0.25) is 0 Å². The third-order valence-corrected chi connectivity index (χ3v) is 2.45. The Balaban J connectivity index is 2.30. The zero-order valence-corrected chi connectivity index (χ0v) is 10.4. The summed E-state index contributed by atoms with van der Waals surface area (Å²) < 4.78 is 4.73. The van der Waals surface area contributed by atoms with E-state index in [1.165, 1.54) is 5.56 Å². The molecule has 1 heterocycles. The minimum Gasteiger partial charge on any atom is -0.456 e. The van der Waals surface area contributed by atoms with Crippen molar-refractivity contribution in [2.45, 2.75) is 13.8 Å². The SMILES string of the molecule is CCOC(=O)C#Cc1cc2ccc(C)cc2cn1. The normalized spacial score (nSPS) is 9.67. The number of esters is 1. The quantitative estimate of drug-likeness (QED) is 0.567. The number of hydrogen-bond acceptors (Lipinski definition) is 3. The van der Waals surface area contributed by atoms with E-state index >= 15 is 0 Å². The van der Waals surface area contributed by atoms with Crippen LogP contribution in [0.25, 0.3) is 10.8 Å². The standard InChI is InChI=1S/C15H13NO2/c1-3-18-15(17)7-6-14-9-12-5-4-11(2)8-13(12)10-16-14/h4-5,8-10H,3H2,1-2H3. The van der Waals surface area contributed by atoms with E-state index in [2.05, 4.69) is 22.9 Å². The molecular formula is C15H13NO2. The molecule has 0 radical (unpaired) electrons. The lowest BCUT2D eigenvalue weighted by molar-refractivity contribution is -0.136. The lowest BCUT2D eigenvalue weighted by Crippen LogP contribution is -1.99. The number of fused-ring (bicyclic) bond motifs is 1. The van der Waals surface area contributed by atoms with E-state index in [9.17, 15) is 4.79 Å². The third kappa shape index (κ3) is 2.86. The molecule has 0 unspecified atom stereocenters. The van der Waals surface area contributed by atoms with Gasteiger partial charge in [0.2, 0.25) is 0 Å². The van der Waals surface area contributed by atoms with Gasteiger partial charge >= 0.3 is 5.97 Å². The zero-order chi connectivity index (χ0) is 13.0. The van der Waals surface area contributed by atoms with Gasteiger partial charge in [0.15, 0.2) is 0 Å². The fourth-order valence-corrected chi connectivity index (χ4v) is 1.61. The molecule has 3 heteroatoms. The molecule has 2 aromatic rings. The molecule has 2 rings (SSSR count). The number of benzene rings is 1. The minimum absolute atomic E-state index is 0.331. The molecule has 0 aliphatic heterocycles. The van der Waals surface area contributed by atoms with Gasteiger partial charge in [0.25, 0.3) is 0 Å². The number of aromatic nitrogens is 1. The van der Waals surface area contributed by atoms with Gasteiger partial charge in [0, 0.05) is 17.5 Å². The van der Waals surface area contributed by atoms with Gasteiger partial charge in [-0.3, -0.25) is 0 Å². The third-order valence-electron chi connectivity index (χ3n) is 2.45. The summed E-state index contributed by atoms with van der Waals surface area (Å²) in [4.78, 5) is 15.3. The van der Waals surface area contributed by atoms with Crippen LogP contribution in [-0.2, 0) is 9.53 Å². The second-order valence-electron chi connectivity index (χ2n) is 3.89. The Hall–Kier alpha value is -2.34. The minimum atomic E-state index is -0.525. The largest absolute Gasteiger partial charge is 0.456 e. The number of pyridine rings is 1. The molecule has 0 saturated heterocycles. The van der Waals surface area contributed by atoms with Crippen molar-refractivity contribution >= 4 is 16.7 Å². The molecule has 1 aromatic heterocycles. The average molecular weight is 239 g/mol. The first-order valence-electron chi connectivity index (χ1n) is 5.74. The van der Waals surface area contributed by atoms with E-state index in [1.54, 1.807) is 13.1 Å². The molecule has 0 amide bonds. The molecule has 1 aromatic carbocycles. The Labute approximate surface area is 106 Å². The maximum absolute atomic E-state index is 11.1. The lowest BCUT2D eigenvalue weighted by atomic mass is 10.1. The highest BCUT2D eigenvalue weighted by molar-refractivity contribution is 5.89. The predicted octanol–water partition coefficient (Wildman–Crippen LogP) is 2.46. The smallest absolute Gasteiger partial charge is 0.384 e. The van der Waals surface area contributed by atoms with Crippen LogP contribution in [-0.4, -0.2) is 17.6 Å². The van der Waals surface area contributed by atoms with Crippen molar-refractivity contribution in [2.75, 3.05) is 6.61 Å². The highest BCUT2D eigenvalue weighted by Crippen LogP contribution is 2.15. The Morgan fingerprint density at radius 3 is 2.94 bits per heavy atom. The van der Waals surface area contributed by atoms with Gasteiger partial charge in [-0.2, -0.15) is 0 Å². The molecule has 0 saturated carbocycles. The number of rotatable bonds is 1. The van der Waals surface area contributed by atoms with E-state index in [0.29, 0.717) is 12.3 Å². The summed E-state index contributed by atoms with van der Waals surface area (Å²) in [5, 5.41) is 2.13. The number of carbonyl (C=O) groups excluding carboxylic acids is 1. The first-order valence-corrected chi connectivity index (χ1v) is 5.74. The van der Waals surface area contributed by atoms with Crippen LogP contribution in [0.3, 0.4) is 0 Å². The summed E-state index contributed by atoms with van der Waals surface area (Å²) in [6, 6.07) is 7.97. The number of aryl methyl sites for hydroxylation is 1. The molecule has 0 atom stereocenters. The predicted molar refractivity (Wildman–Crippen MR) is 70.0 cm³/mol. The summed E-state index contributed by atoms with van der Waals surface area (Å²) in [6.07, 6.45) is 1.76. The topological polar surface area (TPSA) is 39.2 Å². The van der Waals surface area contributed by atoms with Crippen LogP contribution >= 0.6 is 0 Å². The average Bonchev–Trinajstić information content (AvgIpc) is 2.36. The lowest BCUT2D eigenvalue weighted by Gasteiger charge is -1.99. The Kier molecular flexibility index (Phi) is 3.59. The zero-order valence-electron chi connectivity index (χ0n) is 10.4. The van der Waals surface area contributed by atoms with E-state index in [0.717, 1.165) is 10.8 Å². The summed E-state index contributed by atoms with van der Waals surface area (Å²) in [7, 11) is 0. The summed E-state index contributed by atoms with van der Waals surface area (Å²) in [5.41, 5.74) is 1.76. The van der Waals surface area contributed by atoms with E-state index < -0.39 is 5.97 Å². The van der Waals surface area contributed by atoms with Crippen LogP contribution in [0.15, 0.2) is 30.5 Å². The highest BCUT2D eigenvalue weighted by atomic mass is 16.5. The molecule has 0 aliphatic rings.